The van der Waals surface area contributed by atoms with Crippen LogP contribution in [0.2, 0.25) is 0 Å². The number of rotatable bonds is 2. The van der Waals surface area contributed by atoms with Crippen molar-refractivity contribution in [2.45, 2.75) is 0 Å². The van der Waals surface area contributed by atoms with Crippen LogP contribution >= 0.6 is 0 Å². The van der Waals surface area contributed by atoms with E-state index in [1.54, 1.807) is 18.3 Å². The Labute approximate surface area is 114 Å². The summed E-state index contributed by atoms with van der Waals surface area (Å²) in [6, 6.07) is 12.4. The van der Waals surface area contributed by atoms with Crippen molar-refractivity contribution in [1.29, 1.82) is 0 Å². The number of amides is 2. The Bertz CT molecular complexity index is 773. The largest absolute Gasteiger partial charge is 0.351 e. The van der Waals surface area contributed by atoms with Gasteiger partial charge in [0.15, 0.2) is 5.65 Å². The van der Waals surface area contributed by atoms with Crippen molar-refractivity contribution < 1.29 is 4.79 Å². The van der Waals surface area contributed by atoms with Crippen molar-refractivity contribution in [2.24, 2.45) is 5.73 Å². The number of nitrogens with one attached hydrogen (secondary N) is 1. The third-order valence-electron chi connectivity index (χ3n) is 2.73. The predicted molar refractivity (Wildman–Crippen MR) is 76.0 cm³/mol. The van der Waals surface area contributed by atoms with Crippen LogP contribution in [0.3, 0.4) is 0 Å². The van der Waals surface area contributed by atoms with E-state index in [1.165, 1.54) is 0 Å². The molecule has 0 radical (unpaired) electrons. The van der Waals surface area contributed by atoms with Gasteiger partial charge in [-0.1, -0.05) is 30.3 Å². The number of aromatic nitrogens is 3. The van der Waals surface area contributed by atoms with Crippen LogP contribution in [0.25, 0.3) is 22.4 Å². The standard InChI is InChI=1S/C14H11N5O/c15-14(20)19-12-7-6-10-13(18-12)17-11(8-16-10)9-4-2-1-3-5-9/h1-8H,(H3,15,17,18,19,20). The van der Waals surface area contributed by atoms with Crippen LogP contribution in [-0.2, 0) is 0 Å². The predicted octanol–water partition coefficient (Wildman–Crippen LogP) is 2.18. The van der Waals surface area contributed by atoms with E-state index in [-0.39, 0.29) is 0 Å². The summed E-state index contributed by atoms with van der Waals surface area (Å²) in [5.74, 6) is 0.351. The molecule has 0 atom stereocenters. The highest BCUT2D eigenvalue weighted by molar-refractivity contribution is 5.88. The lowest BCUT2D eigenvalue weighted by Gasteiger charge is -2.04. The number of anilines is 1. The Kier molecular flexibility index (Phi) is 2.96. The third kappa shape index (κ3) is 2.39. The van der Waals surface area contributed by atoms with Gasteiger partial charge in [0, 0.05) is 5.56 Å². The second-order valence-electron chi connectivity index (χ2n) is 4.15. The molecule has 0 aliphatic rings. The summed E-state index contributed by atoms with van der Waals surface area (Å²) in [7, 11) is 0. The van der Waals surface area contributed by atoms with E-state index < -0.39 is 6.03 Å². The zero-order chi connectivity index (χ0) is 13.9. The number of pyridine rings is 1. The molecule has 6 heteroatoms. The van der Waals surface area contributed by atoms with Gasteiger partial charge >= 0.3 is 6.03 Å². The number of nitrogens with zero attached hydrogens (tertiary/aromatic N) is 3. The first-order chi connectivity index (χ1) is 9.72. The fourth-order valence-electron chi connectivity index (χ4n) is 1.84. The van der Waals surface area contributed by atoms with Crippen molar-refractivity contribution in [2.75, 3.05) is 5.32 Å². The van der Waals surface area contributed by atoms with Gasteiger partial charge in [0.1, 0.15) is 11.3 Å². The first kappa shape index (κ1) is 12.0. The van der Waals surface area contributed by atoms with Gasteiger partial charge in [0.2, 0.25) is 0 Å². The van der Waals surface area contributed by atoms with Crippen molar-refractivity contribution in [3.8, 4) is 11.3 Å². The molecule has 2 amide bonds. The van der Waals surface area contributed by atoms with Gasteiger partial charge in [-0.25, -0.2) is 14.8 Å². The topological polar surface area (TPSA) is 93.8 Å². The molecule has 6 nitrogen and oxygen atoms in total. The number of carbonyl (C=O) groups is 1. The fraction of sp³-hybridized carbons (Fsp3) is 0. The van der Waals surface area contributed by atoms with E-state index in [0.717, 1.165) is 11.3 Å². The van der Waals surface area contributed by atoms with Gasteiger partial charge in [-0.3, -0.25) is 10.3 Å². The molecule has 2 aromatic heterocycles. The molecular formula is C14H11N5O. The van der Waals surface area contributed by atoms with Gasteiger partial charge in [0.25, 0.3) is 0 Å². The van der Waals surface area contributed by atoms with E-state index in [0.29, 0.717) is 17.0 Å². The molecule has 98 valence electrons. The lowest BCUT2D eigenvalue weighted by molar-refractivity contribution is 0.259. The Morgan fingerprint density at radius 3 is 2.60 bits per heavy atom. The number of hydrogen-bond acceptors (Lipinski definition) is 4. The highest BCUT2D eigenvalue weighted by Crippen LogP contribution is 2.18. The summed E-state index contributed by atoms with van der Waals surface area (Å²) >= 11 is 0. The molecule has 20 heavy (non-hydrogen) atoms. The zero-order valence-electron chi connectivity index (χ0n) is 10.4. The molecule has 0 aliphatic heterocycles. The molecule has 0 bridgehead atoms. The lowest BCUT2D eigenvalue weighted by atomic mass is 10.2. The van der Waals surface area contributed by atoms with Crippen molar-refractivity contribution in [1.82, 2.24) is 15.0 Å². The van der Waals surface area contributed by atoms with Crippen LogP contribution in [0, 0.1) is 0 Å². The van der Waals surface area contributed by atoms with E-state index in [1.807, 2.05) is 30.3 Å². The van der Waals surface area contributed by atoms with Gasteiger partial charge in [0.05, 0.1) is 11.9 Å². The summed E-state index contributed by atoms with van der Waals surface area (Å²) in [5.41, 5.74) is 7.85. The van der Waals surface area contributed by atoms with Gasteiger partial charge in [-0.15, -0.1) is 0 Å². The Balaban J connectivity index is 2.07. The lowest BCUT2D eigenvalue weighted by Crippen LogP contribution is -2.20. The maximum absolute atomic E-state index is 10.8. The van der Waals surface area contributed by atoms with E-state index in [2.05, 4.69) is 20.3 Å². The maximum atomic E-state index is 10.8. The molecule has 2 heterocycles. The summed E-state index contributed by atoms with van der Waals surface area (Å²) in [6.07, 6.45) is 1.69. The second-order valence-corrected chi connectivity index (χ2v) is 4.15. The third-order valence-corrected chi connectivity index (χ3v) is 2.73. The van der Waals surface area contributed by atoms with Crippen LogP contribution in [0.1, 0.15) is 0 Å². The average Bonchev–Trinajstić information content (AvgIpc) is 2.47. The van der Waals surface area contributed by atoms with Gasteiger partial charge in [-0.05, 0) is 12.1 Å². The van der Waals surface area contributed by atoms with Crippen molar-refractivity contribution >= 4 is 23.0 Å². The molecule has 3 aromatic rings. The first-order valence-corrected chi connectivity index (χ1v) is 5.98. The van der Waals surface area contributed by atoms with Gasteiger partial charge < -0.3 is 5.73 Å². The number of nitrogens with two attached hydrogens (primary N) is 1. The molecule has 0 aliphatic carbocycles. The van der Waals surface area contributed by atoms with E-state index in [9.17, 15) is 4.79 Å². The van der Waals surface area contributed by atoms with Gasteiger partial charge in [-0.2, -0.15) is 0 Å². The number of fused-ring (bicyclic) bond motifs is 1. The highest BCUT2D eigenvalue weighted by Gasteiger charge is 2.05. The fourth-order valence-corrected chi connectivity index (χ4v) is 1.84. The summed E-state index contributed by atoms with van der Waals surface area (Å²) in [6.45, 7) is 0. The minimum Gasteiger partial charge on any atom is -0.351 e. The average molecular weight is 265 g/mol. The number of urea groups is 1. The molecule has 0 fully saturated rings. The van der Waals surface area contributed by atoms with Crippen LogP contribution in [0.5, 0.6) is 0 Å². The van der Waals surface area contributed by atoms with Crippen molar-refractivity contribution in [3.05, 3.63) is 48.7 Å². The molecule has 0 spiro atoms. The summed E-state index contributed by atoms with van der Waals surface area (Å²) in [4.78, 5) is 23.8. The van der Waals surface area contributed by atoms with Crippen molar-refractivity contribution in [3.63, 3.8) is 0 Å². The first-order valence-electron chi connectivity index (χ1n) is 5.98. The van der Waals surface area contributed by atoms with Crippen LogP contribution in [0.4, 0.5) is 10.6 Å². The number of carbonyl (C=O) groups excluding carboxylic acids is 1. The molecule has 3 N–H and O–H groups in total. The molecule has 1 aromatic carbocycles. The summed E-state index contributed by atoms with van der Waals surface area (Å²) < 4.78 is 0. The SMILES string of the molecule is NC(=O)Nc1ccc2ncc(-c3ccccc3)nc2n1. The monoisotopic (exact) mass is 265 g/mol. The zero-order valence-corrected chi connectivity index (χ0v) is 10.4. The Morgan fingerprint density at radius 1 is 1.05 bits per heavy atom. The molecular weight excluding hydrogens is 254 g/mol. The highest BCUT2D eigenvalue weighted by atomic mass is 16.2. The van der Waals surface area contributed by atoms with E-state index in [4.69, 9.17) is 5.73 Å². The number of primary amides is 1. The van der Waals surface area contributed by atoms with Crippen LogP contribution in [0.15, 0.2) is 48.7 Å². The maximum Gasteiger partial charge on any atom is 0.317 e. The minimum absolute atomic E-state index is 0.351. The molecule has 0 saturated heterocycles. The molecule has 0 saturated carbocycles. The minimum atomic E-state index is -0.663. The quantitative estimate of drug-likeness (QED) is 0.742. The van der Waals surface area contributed by atoms with Crippen LogP contribution in [-0.4, -0.2) is 21.0 Å². The smallest absolute Gasteiger partial charge is 0.317 e. The Hall–Kier alpha value is -3.02. The number of hydrogen-bond donors (Lipinski definition) is 2. The molecule has 3 rings (SSSR count). The second kappa shape index (κ2) is 4.93. The molecule has 0 unspecified atom stereocenters. The normalized spacial score (nSPS) is 10.4. The Morgan fingerprint density at radius 2 is 1.85 bits per heavy atom. The summed E-state index contributed by atoms with van der Waals surface area (Å²) in [5, 5.41) is 2.42. The number of benzene rings is 1. The van der Waals surface area contributed by atoms with Crippen LogP contribution < -0.4 is 11.1 Å². The van der Waals surface area contributed by atoms with E-state index >= 15 is 0 Å².